The molecular weight excluding hydrogens is 299 g/mol. The van der Waals surface area contributed by atoms with Gasteiger partial charge in [0.25, 0.3) is 0 Å². The van der Waals surface area contributed by atoms with Crippen LogP contribution < -0.4 is 0 Å². The number of ether oxygens (including phenoxy) is 1. The van der Waals surface area contributed by atoms with Crippen molar-refractivity contribution in [1.82, 2.24) is 0 Å². The van der Waals surface area contributed by atoms with Gasteiger partial charge in [-0.15, -0.1) is 0 Å². The van der Waals surface area contributed by atoms with Gasteiger partial charge in [0.1, 0.15) is 6.61 Å². The van der Waals surface area contributed by atoms with Crippen LogP contribution in [0.2, 0.25) is 0 Å². The van der Waals surface area contributed by atoms with Crippen LogP contribution in [0.4, 0.5) is 0 Å². The predicted molar refractivity (Wildman–Crippen MR) is 77.2 cm³/mol. The number of hydrogen-bond donors (Lipinski definition) is 1. The molecule has 1 unspecified atom stereocenters. The molecule has 0 aliphatic heterocycles. The average molecular weight is 322 g/mol. The van der Waals surface area contributed by atoms with Crippen molar-refractivity contribution in [2.45, 2.75) is 26.7 Å². The van der Waals surface area contributed by atoms with E-state index in [-0.39, 0.29) is 38.8 Å². The lowest BCUT2D eigenvalue weighted by Crippen LogP contribution is -2.23. The zero-order chi connectivity index (χ0) is 16.3. The topological polar surface area (TPSA) is 99.1 Å². The largest absolute Gasteiger partial charge is 0.481 e. The van der Waals surface area contributed by atoms with Crippen molar-refractivity contribution in [2.75, 3.05) is 26.0 Å². The number of aliphatic carboxylic acids is 1. The molecule has 0 fully saturated rings. The van der Waals surface area contributed by atoms with Crippen LogP contribution >= 0.6 is 7.60 Å². The lowest BCUT2D eigenvalue weighted by Gasteiger charge is -2.21. The second-order valence-electron chi connectivity index (χ2n) is 4.18. The summed E-state index contributed by atoms with van der Waals surface area (Å²) in [5.74, 6) is -2.53. The molecule has 0 radical (unpaired) electrons. The summed E-state index contributed by atoms with van der Waals surface area (Å²) in [6.07, 6.45) is 0.982. The summed E-state index contributed by atoms with van der Waals surface area (Å²) in [6, 6.07) is 0. The molecule has 0 heterocycles. The highest BCUT2D eigenvalue weighted by Gasteiger charge is 2.33. The van der Waals surface area contributed by atoms with Crippen LogP contribution in [0.15, 0.2) is 12.7 Å². The van der Waals surface area contributed by atoms with Gasteiger partial charge in [0, 0.05) is 6.42 Å². The molecule has 0 rings (SSSR count). The molecule has 0 aliphatic carbocycles. The molecule has 0 amide bonds. The number of hydrogen-bond acceptors (Lipinski definition) is 6. The van der Waals surface area contributed by atoms with Gasteiger partial charge >= 0.3 is 19.5 Å². The number of carboxylic acid groups (broad SMARTS) is 1. The Morgan fingerprint density at radius 2 is 1.86 bits per heavy atom. The Labute approximate surface area is 124 Å². The van der Waals surface area contributed by atoms with Gasteiger partial charge in [-0.3, -0.25) is 14.2 Å². The first-order valence-electron chi connectivity index (χ1n) is 6.76. The van der Waals surface area contributed by atoms with Crippen molar-refractivity contribution >= 4 is 19.5 Å². The van der Waals surface area contributed by atoms with E-state index < -0.39 is 25.5 Å². The number of rotatable bonds is 12. The highest BCUT2D eigenvalue weighted by molar-refractivity contribution is 7.53. The molecule has 0 aromatic rings. The summed E-state index contributed by atoms with van der Waals surface area (Å²) in [6.45, 7) is 7.10. The molecule has 1 N–H and O–H groups in total. The van der Waals surface area contributed by atoms with E-state index >= 15 is 0 Å². The Morgan fingerprint density at radius 3 is 2.29 bits per heavy atom. The van der Waals surface area contributed by atoms with E-state index in [0.717, 1.165) is 0 Å². The minimum Gasteiger partial charge on any atom is -0.481 e. The van der Waals surface area contributed by atoms with Crippen LogP contribution in [0.1, 0.15) is 26.7 Å². The first kappa shape index (κ1) is 19.8. The third-order valence-corrected chi connectivity index (χ3v) is 4.67. The third-order valence-electron chi connectivity index (χ3n) is 2.48. The summed E-state index contributed by atoms with van der Waals surface area (Å²) in [4.78, 5) is 22.6. The Morgan fingerprint density at radius 1 is 1.29 bits per heavy atom. The second kappa shape index (κ2) is 10.5. The van der Waals surface area contributed by atoms with Crippen LogP contribution in [0.5, 0.6) is 0 Å². The lowest BCUT2D eigenvalue weighted by molar-refractivity contribution is -0.147. The minimum absolute atomic E-state index is 0.00937. The SMILES string of the molecule is C=CCOC(=O)C(CCC(=O)O)CP(=O)(OCC)OCC. The summed E-state index contributed by atoms with van der Waals surface area (Å²) in [7, 11) is -3.44. The maximum Gasteiger partial charge on any atom is 0.331 e. The standard InChI is InChI=1S/C13H23O7P/c1-4-9-18-13(16)11(7-8-12(14)15)10-21(17,19-5-2)20-6-3/h4,11H,1,5-10H2,2-3H3,(H,14,15). The quantitative estimate of drug-likeness (QED) is 0.335. The third kappa shape index (κ3) is 8.65. The van der Waals surface area contributed by atoms with Crippen molar-refractivity contribution in [2.24, 2.45) is 5.92 Å². The molecule has 1 atom stereocenters. The monoisotopic (exact) mass is 322 g/mol. The van der Waals surface area contributed by atoms with Crippen LogP contribution in [0.3, 0.4) is 0 Å². The van der Waals surface area contributed by atoms with Gasteiger partial charge < -0.3 is 18.9 Å². The molecule has 122 valence electrons. The smallest absolute Gasteiger partial charge is 0.331 e. The molecule has 0 spiro atoms. The number of carboxylic acids is 1. The van der Waals surface area contributed by atoms with Crippen molar-refractivity contribution in [3.8, 4) is 0 Å². The molecule has 8 heteroatoms. The van der Waals surface area contributed by atoms with E-state index in [1.807, 2.05) is 0 Å². The fourth-order valence-electron chi connectivity index (χ4n) is 1.65. The van der Waals surface area contributed by atoms with Gasteiger partial charge in [-0.05, 0) is 20.3 Å². The van der Waals surface area contributed by atoms with Crippen molar-refractivity contribution < 1.29 is 33.0 Å². The Kier molecular flexibility index (Phi) is 9.95. The van der Waals surface area contributed by atoms with E-state index in [0.29, 0.717) is 0 Å². The first-order valence-corrected chi connectivity index (χ1v) is 8.48. The number of carbonyl (C=O) groups excluding carboxylic acids is 1. The summed E-state index contributed by atoms with van der Waals surface area (Å²) >= 11 is 0. The van der Waals surface area contributed by atoms with E-state index in [4.69, 9.17) is 18.9 Å². The average Bonchev–Trinajstić information content (AvgIpc) is 2.41. The van der Waals surface area contributed by atoms with Crippen LogP contribution in [0.25, 0.3) is 0 Å². The molecule has 0 saturated carbocycles. The normalized spacial score (nSPS) is 12.7. The highest BCUT2D eigenvalue weighted by Crippen LogP contribution is 2.50. The van der Waals surface area contributed by atoms with Crippen LogP contribution in [-0.4, -0.2) is 43.0 Å². The minimum atomic E-state index is -3.44. The second-order valence-corrected chi connectivity index (χ2v) is 6.28. The molecule has 21 heavy (non-hydrogen) atoms. The van der Waals surface area contributed by atoms with Gasteiger partial charge in [0.15, 0.2) is 0 Å². The lowest BCUT2D eigenvalue weighted by atomic mass is 10.1. The maximum atomic E-state index is 12.4. The van der Waals surface area contributed by atoms with Gasteiger partial charge in [0.05, 0.1) is 25.3 Å². The zero-order valence-corrected chi connectivity index (χ0v) is 13.3. The van der Waals surface area contributed by atoms with Gasteiger partial charge in [-0.1, -0.05) is 12.7 Å². The van der Waals surface area contributed by atoms with Crippen molar-refractivity contribution in [3.63, 3.8) is 0 Å². The van der Waals surface area contributed by atoms with Gasteiger partial charge in [-0.2, -0.15) is 0 Å². The predicted octanol–water partition coefficient (Wildman–Crippen LogP) is 2.46. The van der Waals surface area contributed by atoms with Crippen molar-refractivity contribution in [1.29, 1.82) is 0 Å². The highest BCUT2D eigenvalue weighted by atomic mass is 31.2. The zero-order valence-electron chi connectivity index (χ0n) is 12.4. The number of carbonyl (C=O) groups is 2. The van der Waals surface area contributed by atoms with E-state index in [2.05, 4.69) is 6.58 Å². The summed E-state index contributed by atoms with van der Waals surface area (Å²) in [5.41, 5.74) is 0. The molecule has 0 aliphatic rings. The fourth-order valence-corrected chi connectivity index (χ4v) is 3.59. The van der Waals surface area contributed by atoms with E-state index in [1.54, 1.807) is 13.8 Å². The first-order chi connectivity index (χ1) is 9.88. The Bertz CT molecular complexity index is 384. The van der Waals surface area contributed by atoms with Crippen LogP contribution in [-0.2, 0) is 27.9 Å². The molecule has 0 aromatic heterocycles. The number of esters is 1. The summed E-state index contributed by atoms with van der Waals surface area (Å²) in [5, 5.41) is 8.73. The maximum absolute atomic E-state index is 12.4. The molecule has 0 saturated heterocycles. The van der Waals surface area contributed by atoms with Gasteiger partial charge in [0.2, 0.25) is 0 Å². The molecule has 7 nitrogen and oxygen atoms in total. The molecule has 0 aromatic carbocycles. The van der Waals surface area contributed by atoms with E-state index in [9.17, 15) is 14.2 Å². The fraction of sp³-hybridized carbons (Fsp3) is 0.692. The summed E-state index contributed by atoms with van der Waals surface area (Å²) < 4.78 is 27.6. The molecule has 0 bridgehead atoms. The van der Waals surface area contributed by atoms with Crippen LogP contribution in [0, 0.1) is 5.92 Å². The Balaban J connectivity index is 4.90. The molecular formula is C13H23O7P. The Hall–Kier alpha value is -1.17. The van der Waals surface area contributed by atoms with E-state index in [1.165, 1.54) is 6.08 Å². The van der Waals surface area contributed by atoms with Gasteiger partial charge in [-0.25, -0.2) is 0 Å². The van der Waals surface area contributed by atoms with Crippen molar-refractivity contribution in [3.05, 3.63) is 12.7 Å².